The van der Waals surface area contributed by atoms with Gasteiger partial charge in [0.2, 0.25) is 5.43 Å². The Labute approximate surface area is 182 Å². The van der Waals surface area contributed by atoms with Crippen molar-refractivity contribution in [2.24, 2.45) is 0 Å². The number of anilines is 1. The van der Waals surface area contributed by atoms with Crippen molar-refractivity contribution in [3.63, 3.8) is 0 Å². The van der Waals surface area contributed by atoms with E-state index in [1.807, 2.05) is 6.26 Å². The minimum Gasteiger partial charge on any atom is -0.477 e. The summed E-state index contributed by atoms with van der Waals surface area (Å²) in [5, 5.41) is 8.20. The molecule has 3 aromatic rings. The van der Waals surface area contributed by atoms with Gasteiger partial charge in [0, 0.05) is 30.6 Å². The SMILES string of the molecule is CSC1CCN(c2c(F)c(F)c3c(=O)c(C(=O)O)cn(-c4ccc(F)cc4F)c3c2F)C1. The molecule has 11 heteroatoms. The van der Waals surface area contributed by atoms with E-state index in [1.165, 1.54) is 16.7 Å². The molecule has 0 bridgehead atoms. The van der Waals surface area contributed by atoms with Crippen LogP contribution >= 0.6 is 11.8 Å². The van der Waals surface area contributed by atoms with E-state index in [0.717, 1.165) is 12.1 Å². The molecule has 168 valence electrons. The van der Waals surface area contributed by atoms with E-state index in [0.29, 0.717) is 23.3 Å². The van der Waals surface area contributed by atoms with Crippen LogP contribution in [0, 0.1) is 29.1 Å². The van der Waals surface area contributed by atoms with E-state index < -0.39 is 68.3 Å². The zero-order valence-corrected chi connectivity index (χ0v) is 17.3. The third-order valence-corrected chi connectivity index (χ3v) is 6.49. The summed E-state index contributed by atoms with van der Waals surface area (Å²) in [4.78, 5) is 25.4. The maximum absolute atomic E-state index is 15.7. The summed E-state index contributed by atoms with van der Waals surface area (Å²) in [6, 6.07) is 2.16. The second-order valence-electron chi connectivity index (χ2n) is 7.25. The van der Waals surface area contributed by atoms with E-state index in [2.05, 4.69) is 0 Å². The first-order valence-electron chi connectivity index (χ1n) is 9.38. The normalized spacial score (nSPS) is 16.2. The molecule has 0 amide bonds. The zero-order valence-electron chi connectivity index (χ0n) is 16.5. The van der Waals surface area contributed by atoms with Gasteiger partial charge in [0.15, 0.2) is 17.5 Å². The lowest BCUT2D eigenvalue weighted by atomic mass is 10.1. The summed E-state index contributed by atoms with van der Waals surface area (Å²) in [5.41, 5.74) is -4.61. The van der Waals surface area contributed by atoms with Gasteiger partial charge in [-0.2, -0.15) is 11.8 Å². The van der Waals surface area contributed by atoms with Crippen LogP contribution in [0.15, 0.2) is 29.2 Å². The van der Waals surface area contributed by atoms with Gasteiger partial charge in [0.25, 0.3) is 0 Å². The topological polar surface area (TPSA) is 62.5 Å². The Balaban J connectivity index is 2.14. The number of carboxylic acid groups (broad SMARTS) is 1. The highest BCUT2D eigenvalue weighted by Gasteiger charge is 2.33. The minimum absolute atomic E-state index is 0.0404. The maximum atomic E-state index is 15.7. The van der Waals surface area contributed by atoms with Crippen molar-refractivity contribution in [3.8, 4) is 5.69 Å². The number of rotatable bonds is 4. The lowest BCUT2D eigenvalue weighted by molar-refractivity contribution is 0.0695. The summed E-state index contributed by atoms with van der Waals surface area (Å²) in [5.74, 6) is -8.72. The molecule has 1 aromatic heterocycles. The van der Waals surface area contributed by atoms with E-state index in [1.54, 1.807) is 0 Å². The second-order valence-corrected chi connectivity index (χ2v) is 8.39. The molecule has 0 radical (unpaired) electrons. The first kappa shape index (κ1) is 22.1. The number of halogens is 5. The molecule has 1 atom stereocenters. The van der Waals surface area contributed by atoms with Gasteiger partial charge < -0.3 is 14.6 Å². The van der Waals surface area contributed by atoms with Crippen molar-refractivity contribution in [1.82, 2.24) is 4.57 Å². The highest BCUT2D eigenvalue weighted by molar-refractivity contribution is 7.99. The van der Waals surface area contributed by atoms with Gasteiger partial charge in [0.1, 0.15) is 22.9 Å². The Morgan fingerprint density at radius 3 is 2.44 bits per heavy atom. The third-order valence-electron chi connectivity index (χ3n) is 5.44. The molecule has 1 saturated heterocycles. The molecule has 1 N–H and O–H groups in total. The van der Waals surface area contributed by atoms with Crippen LogP contribution < -0.4 is 10.3 Å². The van der Waals surface area contributed by atoms with Crippen LogP contribution in [-0.2, 0) is 0 Å². The fraction of sp³-hybridized carbons (Fsp3) is 0.238. The van der Waals surface area contributed by atoms with Gasteiger partial charge >= 0.3 is 5.97 Å². The molecule has 4 rings (SSSR count). The molecule has 1 aliphatic heterocycles. The van der Waals surface area contributed by atoms with Crippen molar-refractivity contribution in [1.29, 1.82) is 0 Å². The summed E-state index contributed by atoms with van der Waals surface area (Å²) in [6.07, 6.45) is 3.02. The number of thioether (sulfide) groups is 1. The molecule has 32 heavy (non-hydrogen) atoms. The highest BCUT2D eigenvalue weighted by Crippen LogP contribution is 2.36. The van der Waals surface area contributed by atoms with Gasteiger partial charge in [-0.15, -0.1) is 0 Å². The number of carboxylic acids is 1. The standard InChI is InChI=1S/C21H15F5N2O3S/c1-32-10-4-5-27(7-10)19-16(25)15(24)14-18(17(19)26)28(8-11(20(14)29)21(30)31)13-3-2-9(22)6-12(13)23/h2-3,6,8,10H,4-5,7H2,1H3,(H,30,31). The monoisotopic (exact) mass is 470 g/mol. The molecule has 0 aliphatic carbocycles. The molecule has 1 fully saturated rings. The fourth-order valence-corrected chi connectivity index (χ4v) is 4.55. The van der Waals surface area contributed by atoms with Gasteiger partial charge in [0.05, 0.1) is 16.6 Å². The summed E-state index contributed by atoms with van der Waals surface area (Å²) in [7, 11) is 0. The first-order valence-corrected chi connectivity index (χ1v) is 10.7. The zero-order chi connectivity index (χ0) is 23.3. The van der Waals surface area contributed by atoms with Crippen molar-refractivity contribution in [2.75, 3.05) is 24.2 Å². The third kappa shape index (κ3) is 3.40. The van der Waals surface area contributed by atoms with Crippen molar-refractivity contribution in [2.45, 2.75) is 11.7 Å². The highest BCUT2D eigenvalue weighted by atomic mass is 32.2. The largest absolute Gasteiger partial charge is 0.477 e. The lowest BCUT2D eigenvalue weighted by Crippen LogP contribution is -2.26. The first-order chi connectivity index (χ1) is 15.1. The van der Waals surface area contributed by atoms with E-state index in [-0.39, 0.29) is 18.3 Å². The summed E-state index contributed by atoms with van der Waals surface area (Å²) in [6.45, 7) is 0.426. The van der Waals surface area contributed by atoms with Gasteiger partial charge in [-0.1, -0.05) is 0 Å². The van der Waals surface area contributed by atoms with Crippen molar-refractivity contribution in [3.05, 3.63) is 69.3 Å². The Kier molecular flexibility index (Phi) is 5.61. The number of carbonyl (C=O) groups is 1. The van der Waals surface area contributed by atoms with Gasteiger partial charge in [-0.05, 0) is 24.8 Å². The molecule has 5 nitrogen and oxygen atoms in total. The average Bonchev–Trinajstić information content (AvgIpc) is 3.21. The van der Waals surface area contributed by atoms with Gasteiger partial charge in [-0.3, -0.25) is 4.79 Å². The van der Waals surface area contributed by atoms with E-state index in [4.69, 9.17) is 0 Å². The van der Waals surface area contributed by atoms with Crippen molar-refractivity contribution < 1.29 is 31.9 Å². The Bertz CT molecular complexity index is 1330. The van der Waals surface area contributed by atoms with Crippen LogP contribution in [-0.4, -0.2) is 40.2 Å². The van der Waals surface area contributed by atoms with E-state index >= 15 is 8.78 Å². The average molecular weight is 470 g/mol. The van der Waals surface area contributed by atoms with E-state index in [9.17, 15) is 27.9 Å². The molecule has 2 aromatic carbocycles. The molecule has 0 spiro atoms. The Hall–Kier alpha value is -3.08. The van der Waals surface area contributed by atoms with Crippen LogP contribution in [0.25, 0.3) is 16.6 Å². The number of pyridine rings is 1. The minimum atomic E-state index is -1.81. The molecular weight excluding hydrogens is 455 g/mol. The second kappa shape index (κ2) is 8.12. The smallest absolute Gasteiger partial charge is 0.341 e. The quantitative estimate of drug-likeness (QED) is 0.455. The van der Waals surface area contributed by atoms with Gasteiger partial charge in [-0.25, -0.2) is 26.7 Å². The molecule has 2 heterocycles. The van der Waals surface area contributed by atoms with Crippen LogP contribution in [0.2, 0.25) is 0 Å². The van der Waals surface area contributed by atoms with Crippen LogP contribution in [0.4, 0.5) is 27.6 Å². The molecule has 1 unspecified atom stereocenters. The number of nitrogens with zero attached hydrogens (tertiary/aromatic N) is 2. The molecule has 1 aliphatic rings. The number of fused-ring (bicyclic) bond motifs is 1. The fourth-order valence-electron chi connectivity index (χ4n) is 3.88. The molecule has 0 saturated carbocycles. The predicted molar refractivity (Wildman–Crippen MR) is 110 cm³/mol. The predicted octanol–water partition coefficient (Wildman–Crippen LogP) is 4.33. The lowest BCUT2D eigenvalue weighted by Gasteiger charge is -2.23. The number of hydrogen-bond acceptors (Lipinski definition) is 4. The Morgan fingerprint density at radius 2 is 1.84 bits per heavy atom. The number of hydrogen-bond donors (Lipinski definition) is 1. The summed E-state index contributed by atoms with van der Waals surface area (Å²) < 4.78 is 74.3. The number of aromatic carboxylic acids is 1. The van der Waals surface area contributed by atoms with Crippen LogP contribution in [0.3, 0.4) is 0 Å². The number of benzene rings is 2. The maximum Gasteiger partial charge on any atom is 0.341 e. The van der Waals surface area contributed by atoms with Crippen LogP contribution in [0.5, 0.6) is 0 Å². The van der Waals surface area contributed by atoms with Crippen molar-refractivity contribution >= 4 is 34.3 Å². The Morgan fingerprint density at radius 1 is 1.12 bits per heavy atom. The molecular formula is C21H15F5N2O3S. The van der Waals surface area contributed by atoms with Crippen LogP contribution in [0.1, 0.15) is 16.8 Å². The number of aromatic nitrogens is 1. The summed E-state index contributed by atoms with van der Waals surface area (Å²) >= 11 is 1.48.